The molecule has 0 saturated carbocycles. The minimum Gasteiger partial charge on any atom is -0.345 e. The van der Waals surface area contributed by atoms with E-state index in [4.69, 9.17) is 0 Å². The summed E-state index contributed by atoms with van der Waals surface area (Å²) in [6, 6.07) is 15.7. The van der Waals surface area contributed by atoms with Crippen molar-refractivity contribution in [3.8, 4) is 0 Å². The van der Waals surface area contributed by atoms with E-state index in [1.54, 1.807) is 6.33 Å². The first-order chi connectivity index (χ1) is 13.3. The first-order valence-corrected chi connectivity index (χ1v) is 9.76. The molecule has 0 bridgehead atoms. The van der Waals surface area contributed by atoms with Gasteiger partial charge in [-0.3, -0.25) is 4.98 Å². The van der Waals surface area contributed by atoms with Crippen molar-refractivity contribution < 1.29 is 0 Å². The molecule has 4 heteroatoms. The van der Waals surface area contributed by atoms with E-state index < -0.39 is 0 Å². The molecule has 0 spiro atoms. The van der Waals surface area contributed by atoms with Crippen LogP contribution in [0.5, 0.6) is 0 Å². The molecular formula is C23H26N4. The average Bonchev–Trinajstić information content (AvgIpc) is 3.17. The standard InChI is InChI=1S/C23H26N4/c1-17(25-14-19-6-8-21-15-24-11-10-20(21)12-19)4-2-3-5-18-7-9-22-23(13-18)27-16-26-22/h6-13,15-17,25H,2-5,14H2,1H3,(H,26,27)/t17-/m1/s1. The summed E-state index contributed by atoms with van der Waals surface area (Å²) in [5.41, 5.74) is 4.89. The van der Waals surface area contributed by atoms with Crippen LogP contribution in [0.25, 0.3) is 21.8 Å². The molecule has 4 aromatic rings. The molecule has 4 rings (SSSR count). The van der Waals surface area contributed by atoms with Crippen molar-refractivity contribution in [2.45, 2.75) is 45.2 Å². The lowest BCUT2D eigenvalue weighted by atomic mass is 10.0. The van der Waals surface area contributed by atoms with Gasteiger partial charge in [-0.05, 0) is 67.0 Å². The maximum absolute atomic E-state index is 4.27. The summed E-state index contributed by atoms with van der Waals surface area (Å²) >= 11 is 0. The van der Waals surface area contributed by atoms with E-state index in [0.717, 1.165) is 24.0 Å². The molecule has 2 heterocycles. The lowest BCUT2D eigenvalue weighted by molar-refractivity contribution is 0.489. The van der Waals surface area contributed by atoms with Crippen molar-refractivity contribution in [3.05, 3.63) is 72.3 Å². The number of nitrogens with one attached hydrogen (secondary N) is 2. The zero-order chi connectivity index (χ0) is 18.5. The Bertz CT molecular complexity index is 1020. The smallest absolute Gasteiger partial charge is 0.0931 e. The average molecular weight is 358 g/mol. The van der Waals surface area contributed by atoms with Gasteiger partial charge in [-0.1, -0.05) is 24.6 Å². The van der Waals surface area contributed by atoms with Gasteiger partial charge in [0.15, 0.2) is 0 Å². The van der Waals surface area contributed by atoms with Crippen molar-refractivity contribution in [1.29, 1.82) is 0 Å². The summed E-state index contributed by atoms with van der Waals surface area (Å²) in [5, 5.41) is 6.11. The summed E-state index contributed by atoms with van der Waals surface area (Å²) in [6.45, 7) is 3.19. The second-order valence-electron chi connectivity index (χ2n) is 7.34. The van der Waals surface area contributed by atoms with Crippen molar-refractivity contribution in [3.63, 3.8) is 0 Å². The van der Waals surface area contributed by atoms with Crippen molar-refractivity contribution in [1.82, 2.24) is 20.3 Å². The molecule has 0 aliphatic rings. The Balaban J connectivity index is 1.20. The fraction of sp³-hybridized carbons (Fsp3) is 0.304. The number of hydrogen-bond acceptors (Lipinski definition) is 3. The normalized spacial score (nSPS) is 12.6. The fourth-order valence-electron chi connectivity index (χ4n) is 3.55. The van der Waals surface area contributed by atoms with Crippen LogP contribution in [0, 0.1) is 0 Å². The van der Waals surface area contributed by atoms with Crippen molar-refractivity contribution in [2.75, 3.05) is 0 Å². The molecule has 2 aromatic carbocycles. The van der Waals surface area contributed by atoms with Gasteiger partial charge >= 0.3 is 0 Å². The largest absolute Gasteiger partial charge is 0.345 e. The van der Waals surface area contributed by atoms with Crippen LogP contribution in [0.4, 0.5) is 0 Å². The molecule has 2 N–H and O–H groups in total. The Labute approximate surface area is 160 Å². The van der Waals surface area contributed by atoms with Crippen LogP contribution in [0.1, 0.15) is 37.3 Å². The van der Waals surface area contributed by atoms with Crippen LogP contribution in [0.15, 0.2) is 61.2 Å². The third-order valence-corrected chi connectivity index (χ3v) is 5.20. The molecular weight excluding hydrogens is 332 g/mol. The summed E-state index contributed by atoms with van der Waals surface area (Å²) in [7, 11) is 0. The molecule has 1 atom stereocenters. The minimum atomic E-state index is 0.522. The van der Waals surface area contributed by atoms with Gasteiger partial charge < -0.3 is 10.3 Å². The summed E-state index contributed by atoms with van der Waals surface area (Å²) < 4.78 is 0. The van der Waals surface area contributed by atoms with E-state index in [9.17, 15) is 0 Å². The topological polar surface area (TPSA) is 53.6 Å². The van der Waals surface area contributed by atoms with E-state index in [1.165, 1.54) is 41.2 Å². The van der Waals surface area contributed by atoms with Crippen molar-refractivity contribution in [2.24, 2.45) is 0 Å². The Kier molecular flexibility index (Phi) is 5.45. The van der Waals surface area contributed by atoms with E-state index in [-0.39, 0.29) is 0 Å². The highest BCUT2D eigenvalue weighted by Gasteiger charge is 2.04. The fourth-order valence-corrected chi connectivity index (χ4v) is 3.55. The highest BCUT2D eigenvalue weighted by atomic mass is 14.9. The number of aromatic amines is 1. The van der Waals surface area contributed by atoms with Crippen LogP contribution in [-0.4, -0.2) is 21.0 Å². The molecule has 2 aromatic heterocycles. The Hall–Kier alpha value is -2.72. The first-order valence-electron chi connectivity index (χ1n) is 9.76. The first kappa shape index (κ1) is 17.7. The van der Waals surface area contributed by atoms with Gasteiger partial charge in [-0.2, -0.15) is 0 Å². The zero-order valence-electron chi connectivity index (χ0n) is 15.8. The Morgan fingerprint density at radius 2 is 1.93 bits per heavy atom. The van der Waals surface area contributed by atoms with Gasteiger partial charge in [0.05, 0.1) is 17.4 Å². The quantitative estimate of drug-likeness (QED) is 0.436. The Morgan fingerprint density at radius 3 is 2.89 bits per heavy atom. The molecule has 0 aliphatic heterocycles. The highest BCUT2D eigenvalue weighted by molar-refractivity contribution is 5.82. The molecule has 0 radical (unpaired) electrons. The van der Waals surface area contributed by atoms with E-state index in [2.05, 4.69) is 69.7 Å². The number of benzene rings is 2. The number of unbranched alkanes of at least 4 members (excludes halogenated alkanes) is 1. The highest BCUT2D eigenvalue weighted by Crippen LogP contribution is 2.16. The van der Waals surface area contributed by atoms with Crippen LogP contribution in [0.2, 0.25) is 0 Å². The number of nitrogens with zero attached hydrogens (tertiary/aromatic N) is 2. The van der Waals surface area contributed by atoms with Crippen LogP contribution in [0.3, 0.4) is 0 Å². The maximum Gasteiger partial charge on any atom is 0.0931 e. The molecule has 0 amide bonds. The number of hydrogen-bond donors (Lipinski definition) is 2. The lowest BCUT2D eigenvalue weighted by Crippen LogP contribution is -2.25. The number of pyridine rings is 1. The summed E-state index contributed by atoms with van der Waals surface area (Å²) in [6.07, 6.45) is 10.3. The molecule has 4 nitrogen and oxygen atoms in total. The van der Waals surface area contributed by atoms with Gasteiger partial charge in [0.25, 0.3) is 0 Å². The van der Waals surface area contributed by atoms with Crippen LogP contribution >= 0.6 is 0 Å². The maximum atomic E-state index is 4.27. The van der Waals surface area contributed by atoms with Gasteiger partial charge in [-0.15, -0.1) is 0 Å². The second-order valence-corrected chi connectivity index (χ2v) is 7.34. The molecule has 0 fully saturated rings. The van der Waals surface area contributed by atoms with E-state index in [0.29, 0.717) is 6.04 Å². The van der Waals surface area contributed by atoms with E-state index >= 15 is 0 Å². The zero-order valence-corrected chi connectivity index (χ0v) is 15.8. The molecule has 0 saturated heterocycles. The number of rotatable bonds is 8. The SMILES string of the molecule is C[C@H](CCCCc1ccc2nc[nH]c2c1)NCc1ccc2cnccc2c1. The number of fused-ring (bicyclic) bond motifs is 2. The molecule has 138 valence electrons. The number of aromatic nitrogens is 3. The van der Waals surface area contributed by atoms with Gasteiger partial charge in [0, 0.05) is 30.4 Å². The number of imidazole rings is 1. The third-order valence-electron chi connectivity index (χ3n) is 5.20. The molecule has 27 heavy (non-hydrogen) atoms. The van der Waals surface area contributed by atoms with Gasteiger partial charge in [0.1, 0.15) is 0 Å². The number of aryl methyl sites for hydroxylation is 1. The van der Waals surface area contributed by atoms with Crippen molar-refractivity contribution >= 4 is 21.8 Å². The number of H-pyrrole nitrogens is 1. The predicted molar refractivity (Wildman–Crippen MR) is 112 cm³/mol. The minimum absolute atomic E-state index is 0.522. The summed E-state index contributed by atoms with van der Waals surface area (Å²) in [4.78, 5) is 11.6. The van der Waals surface area contributed by atoms with E-state index in [1.807, 2.05) is 12.4 Å². The molecule has 0 unspecified atom stereocenters. The lowest BCUT2D eigenvalue weighted by Gasteiger charge is -2.14. The second kappa shape index (κ2) is 8.31. The predicted octanol–water partition coefficient (Wildman–Crippen LogP) is 5.00. The van der Waals surface area contributed by atoms with Gasteiger partial charge in [-0.25, -0.2) is 4.98 Å². The van der Waals surface area contributed by atoms with Crippen LogP contribution in [-0.2, 0) is 13.0 Å². The summed E-state index contributed by atoms with van der Waals surface area (Å²) in [5.74, 6) is 0. The third kappa shape index (κ3) is 4.52. The van der Waals surface area contributed by atoms with Crippen LogP contribution < -0.4 is 5.32 Å². The molecule has 0 aliphatic carbocycles. The van der Waals surface area contributed by atoms with Gasteiger partial charge in [0.2, 0.25) is 0 Å². The monoisotopic (exact) mass is 358 g/mol. The Morgan fingerprint density at radius 1 is 1.00 bits per heavy atom.